The molecule has 2 heterocycles. The number of carbonyl (C=O) groups excluding carboxylic acids is 2. The summed E-state index contributed by atoms with van der Waals surface area (Å²) in [5.41, 5.74) is -0.330. The maximum absolute atomic E-state index is 13.9. The van der Waals surface area contributed by atoms with Crippen molar-refractivity contribution in [2.45, 2.75) is 24.9 Å². The van der Waals surface area contributed by atoms with Gasteiger partial charge in [-0.1, -0.05) is 0 Å². The van der Waals surface area contributed by atoms with E-state index in [-0.39, 0.29) is 17.8 Å². The summed E-state index contributed by atoms with van der Waals surface area (Å²) >= 11 is 0. The highest BCUT2D eigenvalue weighted by atomic mass is 19.1. The summed E-state index contributed by atoms with van der Waals surface area (Å²) < 4.78 is 38.3. The zero-order valence-electron chi connectivity index (χ0n) is 15.3. The van der Waals surface area contributed by atoms with Crippen molar-refractivity contribution < 1.29 is 27.8 Å². The van der Waals surface area contributed by atoms with Gasteiger partial charge in [-0.2, -0.15) is 0 Å². The maximum Gasteiger partial charge on any atom is 0.256 e. The molecule has 0 aromatic heterocycles. The normalized spacial score (nSPS) is 17.8. The number of methoxy groups -OCH3 is 1. The Morgan fingerprint density at radius 2 is 1.89 bits per heavy atom. The van der Waals surface area contributed by atoms with Crippen LogP contribution in [0.2, 0.25) is 0 Å². The lowest BCUT2D eigenvalue weighted by Crippen LogP contribution is -2.52. The Bertz CT molecular complexity index is 951. The number of piperidine rings is 1. The highest BCUT2D eigenvalue weighted by molar-refractivity contribution is 6.01. The number of hydrogen-bond donors (Lipinski definition) is 0. The third-order valence-corrected chi connectivity index (χ3v) is 5.42. The molecule has 2 aromatic rings. The molecule has 2 aromatic carbocycles. The molecule has 1 fully saturated rings. The van der Waals surface area contributed by atoms with Gasteiger partial charge < -0.3 is 14.4 Å². The number of likely N-dealkylation sites (tertiary alicyclic amines) is 1. The minimum atomic E-state index is -0.878. The Labute approximate surface area is 160 Å². The van der Waals surface area contributed by atoms with Crippen LogP contribution in [-0.2, 0) is 0 Å². The first-order valence-corrected chi connectivity index (χ1v) is 9.05. The van der Waals surface area contributed by atoms with Gasteiger partial charge in [0.05, 0.1) is 24.7 Å². The quantitative estimate of drug-likeness (QED) is 0.790. The van der Waals surface area contributed by atoms with Gasteiger partial charge in [0.15, 0.2) is 5.78 Å². The van der Waals surface area contributed by atoms with E-state index in [0.29, 0.717) is 49.1 Å². The fraction of sp³-hybridized carbons (Fsp3) is 0.333. The van der Waals surface area contributed by atoms with E-state index in [1.54, 1.807) is 18.2 Å². The third-order valence-electron chi connectivity index (χ3n) is 5.42. The van der Waals surface area contributed by atoms with Crippen LogP contribution in [0.5, 0.6) is 11.5 Å². The highest BCUT2D eigenvalue weighted by Gasteiger charge is 2.44. The highest BCUT2D eigenvalue weighted by Crippen LogP contribution is 2.40. The lowest BCUT2D eigenvalue weighted by molar-refractivity contribution is -0.00585. The van der Waals surface area contributed by atoms with E-state index >= 15 is 0 Å². The number of ether oxygens (including phenoxy) is 2. The summed E-state index contributed by atoms with van der Waals surface area (Å²) in [5, 5.41) is 0. The van der Waals surface area contributed by atoms with Crippen LogP contribution in [0.3, 0.4) is 0 Å². The molecule has 2 aliphatic rings. The molecule has 0 atom stereocenters. The minimum Gasteiger partial charge on any atom is -0.497 e. The van der Waals surface area contributed by atoms with Crippen molar-refractivity contribution in [3.8, 4) is 11.5 Å². The van der Waals surface area contributed by atoms with Crippen LogP contribution < -0.4 is 9.47 Å². The molecule has 0 saturated carbocycles. The molecule has 0 bridgehead atoms. The summed E-state index contributed by atoms with van der Waals surface area (Å²) in [6.45, 7) is 0.656. The van der Waals surface area contributed by atoms with E-state index in [1.807, 2.05) is 0 Å². The number of nitrogens with zero attached hydrogens (tertiary/aromatic N) is 1. The standard InChI is InChI=1S/C21H19F2NO4/c1-27-14-3-5-19-16(11-14)18(25)12-21(28-19)6-8-24(9-7-21)20(26)15-4-2-13(22)10-17(15)23/h2-5,10-11H,6-9,12H2,1H3. The summed E-state index contributed by atoms with van der Waals surface area (Å²) in [5.74, 6) is -1.01. The molecule has 4 rings (SSSR count). The number of ketones is 1. The smallest absolute Gasteiger partial charge is 0.256 e. The second-order valence-corrected chi connectivity index (χ2v) is 7.16. The van der Waals surface area contributed by atoms with Crippen molar-refractivity contribution >= 4 is 11.7 Å². The second-order valence-electron chi connectivity index (χ2n) is 7.16. The molecule has 28 heavy (non-hydrogen) atoms. The number of rotatable bonds is 2. The molecule has 146 valence electrons. The van der Waals surface area contributed by atoms with Crippen LogP contribution in [0, 0.1) is 11.6 Å². The van der Waals surface area contributed by atoms with Crippen LogP contribution in [0.4, 0.5) is 8.78 Å². The Morgan fingerprint density at radius 3 is 2.57 bits per heavy atom. The zero-order chi connectivity index (χ0) is 19.9. The van der Waals surface area contributed by atoms with E-state index < -0.39 is 23.1 Å². The fourth-order valence-electron chi connectivity index (χ4n) is 3.83. The predicted molar refractivity (Wildman–Crippen MR) is 96.8 cm³/mol. The Morgan fingerprint density at radius 1 is 1.14 bits per heavy atom. The zero-order valence-corrected chi connectivity index (χ0v) is 15.3. The Hall–Kier alpha value is -2.96. The van der Waals surface area contributed by atoms with E-state index in [0.717, 1.165) is 12.1 Å². The number of hydrogen-bond acceptors (Lipinski definition) is 4. The lowest BCUT2D eigenvalue weighted by atomic mass is 9.82. The van der Waals surface area contributed by atoms with Crippen molar-refractivity contribution in [1.82, 2.24) is 4.90 Å². The number of halogens is 2. The number of carbonyl (C=O) groups is 2. The summed E-state index contributed by atoms with van der Waals surface area (Å²) in [6.07, 6.45) is 1.14. The first kappa shape index (κ1) is 18.4. The van der Waals surface area contributed by atoms with Gasteiger partial charge in [-0.05, 0) is 30.3 Å². The van der Waals surface area contributed by atoms with Gasteiger partial charge >= 0.3 is 0 Å². The molecule has 0 aliphatic carbocycles. The molecule has 0 radical (unpaired) electrons. The van der Waals surface area contributed by atoms with E-state index in [9.17, 15) is 18.4 Å². The lowest BCUT2D eigenvalue weighted by Gasteiger charge is -2.44. The first-order valence-electron chi connectivity index (χ1n) is 9.05. The van der Waals surface area contributed by atoms with Crippen molar-refractivity contribution in [2.24, 2.45) is 0 Å². The molecule has 0 N–H and O–H groups in total. The van der Waals surface area contributed by atoms with Gasteiger partial charge in [-0.15, -0.1) is 0 Å². The van der Waals surface area contributed by atoms with Crippen LogP contribution >= 0.6 is 0 Å². The van der Waals surface area contributed by atoms with Gasteiger partial charge in [0.1, 0.15) is 28.7 Å². The van der Waals surface area contributed by atoms with E-state index in [4.69, 9.17) is 9.47 Å². The molecular formula is C21H19F2NO4. The molecule has 1 spiro atoms. The Kier molecular flexibility index (Phi) is 4.53. The van der Waals surface area contributed by atoms with Gasteiger partial charge in [0, 0.05) is 32.0 Å². The summed E-state index contributed by atoms with van der Waals surface area (Å²) in [7, 11) is 1.54. The van der Waals surface area contributed by atoms with Crippen LogP contribution in [0.25, 0.3) is 0 Å². The van der Waals surface area contributed by atoms with Crippen LogP contribution in [0.15, 0.2) is 36.4 Å². The molecule has 1 amide bonds. The maximum atomic E-state index is 13.9. The molecule has 1 saturated heterocycles. The van der Waals surface area contributed by atoms with Gasteiger partial charge in [0.25, 0.3) is 5.91 Å². The molecule has 2 aliphatic heterocycles. The molecular weight excluding hydrogens is 368 g/mol. The number of fused-ring (bicyclic) bond motifs is 1. The minimum absolute atomic E-state index is 0.0236. The number of Topliss-reactive ketones (excluding diaryl/α,β-unsaturated/α-hetero) is 1. The van der Waals surface area contributed by atoms with E-state index in [2.05, 4.69) is 0 Å². The largest absolute Gasteiger partial charge is 0.497 e. The van der Waals surface area contributed by atoms with Crippen molar-refractivity contribution in [3.63, 3.8) is 0 Å². The molecule has 0 unspecified atom stereocenters. The average molecular weight is 387 g/mol. The van der Waals surface area contributed by atoms with Crippen LogP contribution in [-0.4, -0.2) is 42.4 Å². The molecule has 7 heteroatoms. The fourth-order valence-corrected chi connectivity index (χ4v) is 3.83. The van der Waals surface area contributed by atoms with Crippen molar-refractivity contribution in [2.75, 3.05) is 20.2 Å². The average Bonchev–Trinajstić information content (AvgIpc) is 2.68. The molecule has 5 nitrogen and oxygen atoms in total. The van der Waals surface area contributed by atoms with Crippen LogP contribution in [0.1, 0.15) is 40.0 Å². The van der Waals surface area contributed by atoms with Crippen molar-refractivity contribution in [3.05, 3.63) is 59.2 Å². The Balaban J connectivity index is 1.49. The van der Waals surface area contributed by atoms with Gasteiger partial charge in [0.2, 0.25) is 0 Å². The number of benzene rings is 2. The monoisotopic (exact) mass is 387 g/mol. The summed E-state index contributed by atoms with van der Waals surface area (Å²) in [6, 6.07) is 8.05. The van der Waals surface area contributed by atoms with E-state index in [1.165, 1.54) is 12.0 Å². The first-order chi connectivity index (χ1) is 13.4. The predicted octanol–water partition coefficient (Wildman–Crippen LogP) is 3.61. The van der Waals surface area contributed by atoms with Gasteiger partial charge in [-0.25, -0.2) is 8.78 Å². The third kappa shape index (κ3) is 3.21. The summed E-state index contributed by atoms with van der Waals surface area (Å²) in [4.78, 5) is 26.7. The van der Waals surface area contributed by atoms with Crippen molar-refractivity contribution in [1.29, 1.82) is 0 Å². The number of amides is 1. The topological polar surface area (TPSA) is 55.8 Å². The second kappa shape index (κ2) is 6.89. The SMILES string of the molecule is COc1ccc2c(c1)C(=O)CC1(CCN(C(=O)c3ccc(F)cc3F)CC1)O2. The van der Waals surface area contributed by atoms with Gasteiger partial charge in [-0.3, -0.25) is 9.59 Å².